The number of nitrogens with zero attached hydrogens (tertiary/aromatic N) is 3. The van der Waals surface area contributed by atoms with Gasteiger partial charge in [-0.1, -0.05) is 20.8 Å². The van der Waals surface area contributed by atoms with Crippen molar-refractivity contribution in [1.82, 2.24) is 20.1 Å². The fraction of sp³-hybridized carbons (Fsp3) is 0.667. The number of carbonyl (C=O) groups excluding carboxylic acids is 1. The third-order valence-corrected chi connectivity index (χ3v) is 3.53. The van der Waals surface area contributed by atoms with Gasteiger partial charge in [-0.05, 0) is 0 Å². The molecule has 1 unspecified atom stereocenters. The number of nitrogens with one attached hydrogen (secondary N) is 1. The van der Waals surface area contributed by atoms with Gasteiger partial charge in [0.05, 0.1) is 5.92 Å². The lowest BCUT2D eigenvalue weighted by Gasteiger charge is -2.40. The first-order chi connectivity index (χ1) is 8.90. The van der Waals surface area contributed by atoms with Gasteiger partial charge in [0.15, 0.2) is 0 Å². The Hall–Kier alpha value is -1.92. The topological polar surface area (TPSA) is 99.2 Å². The van der Waals surface area contributed by atoms with E-state index in [4.69, 9.17) is 5.11 Å². The van der Waals surface area contributed by atoms with Crippen molar-refractivity contribution in [2.75, 3.05) is 13.1 Å². The van der Waals surface area contributed by atoms with E-state index >= 15 is 0 Å². The summed E-state index contributed by atoms with van der Waals surface area (Å²) < 4.78 is 0. The van der Waals surface area contributed by atoms with Crippen LogP contribution in [0.5, 0.6) is 0 Å². The Kier molecular flexibility index (Phi) is 3.55. The number of aromatic nitrogens is 3. The lowest BCUT2D eigenvalue weighted by molar-refractivity contribution is -0.144. The van der Waals surface area contributed by atoms with Crippen LogP contribution in [0.2, 0.25) is 0 Å². The minimum absolute atomic E-state index is 0.0185. The zero-order valence-corrected chi connectivity index (χ0v) is 11.3. The number of hydrogen-bond acceptors (Lipinski definition) is 4. The van der Waals surface area contributed by atoms with Crippen LogP contribution in [0.1, 0.15) is 43.1 Å². The number of carboxylic acids is 1. The average molecular weight is 266 g/mol. The Balaban J connectivity index is 1.94. The van der Waals surface area contributed by atoms with Gasteiger partial charge in [0, 0.05) is 24.9 Å². The first-order valence-corrected chi connectivity index (χ1v) is 6.34. The van der Waals surface area contributed by atoms with E-state index in [1.54, 1.807) is 11.8 Å². The minimum Gasteiger partial charge on any atom is -0.481 e. The number of aromatic amines is 1. The van der Waals surface area contributed by atoms with Crippen molar-refractivity contribution < 1.29 is 14.7 Å². The molecule has 1 fully saturated rings. The molecule has 2 heterocycles. The van der Waals surface area contributed by atoms with Crippen molar-refractivity contribution in [1.29, 1.82) is 0 Å². The van der Waals surface area contributed by atoms with Crippen molar-refractivity contribution in [2.45, 2.75) is 26.7 Å². The normalized spacial score (nSPS) is 17.4. The molecule has 0 aliphatic carbocycles. The molecule has 1 atom stereocenters. The molecule has 0 saturated carbocycles. The number of likely N-dealkylation sites (tertiary alicyclic amines) is 1. The maximum atomic E-state index is 12.0. The zero-order chi connectivity index (χ0) is 14.2. The van der Waals surface area contributed by atoms with Gasteiger partial charge in [-0.25, -0.2) is 4.98 Å². The summed E-state index contributed by atoms with van der Waals surface area (Å²) in [4.78, 5) is 28.6. The summed E-state index contributed by atoms with van der Waals surface area (Å²) in [5.74, 6) is -0.448. The van der Waals surface area contributed by atoms with Gasteiger partial charge in [0.1, 0.15) is 5.82 Å². The van der Waals surface area contributed by atoms with E-state index in [1.807, 2.05) is 13.8 Å². The highest BCUT2D eigenvalue weighted by Gasteiger charge is 2.38. The Morgan fingerprint density at radius 1 is 1.37 bits per heavy atom. The number of H-pyrrole nitrogens is 1. The molecule has 1 aliphatic heterocycles. The van der Waals surface area contributed by atoms with Crippen molar-refractivity contribution in [3.63, 3.8) is 0 Å². The number of carboxylic acid groups (broad SMARTS) is 1. The quantitative estimate of drug-likeness (QED) is 0.836. The maximum absolute atomic E-state index is 12.0. The third kappa shape index (κ3) is 2.59. The third-order valence-electron chi connectivity index (χ3n) is 3.53. The molecular formula is C12H18N4O3. The summed E-state index contributed by atoms with van der Waals surface area (Å²) >= 11 is 0. The monoisotopic (exact) mass is 266 g/mol. The maximum Gasteiger partial charge on any atom is 0.306 e. The molecule has 19 heavy (non-hydrogen) atoms. The summed E-state index contributed by atoms with van der Waals surface area (Å²) in [6.45, 7) is 6.50. The van der Waals surface area contributed by atoms with Crippen LogP contribution in [-0.4, -0.2) is 50.2 Å². The van der Waals surface area contributed by atoms with Gasteiger partial charge in [-0.2, -0.15) is 0 Å². The van der Waals surface area contributed by atoms with Crippen LogP contribution in [0.15, 0.2) is 0 Å². The van der Waals surface area contributed by atoms with E-state index in [0.717, 1.165) is 0 Å². The van der Waals surface area contributed by atoms with E-state index in [-0.39, 0.29) is 23.6 Å². The van der Waals surface area contributed by atoms with E-state index in [1.165, 1.54) is 0 Å². The largest absolute Gasteiger partial charge is 0.481 e. The van der Waals surface area contributed by atoms with Crippen LogP contribution in [0.3, 0.4) is 0 Å². The summed E-state index contributed by atoms with van der Waals surface area (Å²) in [7, 11) is 0. The number of amides is 1. The van der Waals surface area contributed by atoms with Crippen molar-refractivity contribution in [3.8, 4) is 0 Å². The summed E-state index contributed by atoms with van der Waals surface area (Å²) in [6, 6.07) is 0. The zero-order valence-electron chi connectivity index (χ0n) is 11.3. The fourth-order valence-corrected chi connectivity index (χ4v) is 1.97. The van der Waals surface area contributed by atoms with Crippen molar-refractivity contribution in [3.05, 3.63) is 11.6 Å². The average Bonchev–Trinajstić information content (AvgIpc) is 2.75. The standard InChI is InChI=1S/C12H18N4O3/c1-6(2)9-13-10(15-14-9)11(17)16-4-8(5-16)7(3)12(18)19/h6-8H,4-5H2,1-3H3,(H,18,19)(H,13,14,15). The molecule has 0 spiro atoms. The Morgan fingerprint density at radius 2 is 2.00 bits per heavy atom. The van der Waals surface area contributed by atoms with Crippen LogP contribution in [0.4, 0.5) is 0 Å². The van der Waals surface area contributed by atoms with Gasteiger partial charge in [-0.15, -0.1) is 5.10 Å². The predicted molar refractivity (Wildman–Crippen MR) is 66.7 cm³/mol. The molecule has 7 nitrogen and oxygen atoms in total. The van der Waals surface area contributed by atoms with E-state index in [9.17, 15) is 9.59 Å². The smallest absolute Gasteiger partial charge is 0.306 e. The summed E-state index contributed by atoms with van der Waals surface area (Å²) in [6.07, 6.45) is 0. The molecule has 104 valence electrons. The van der Waals surface area contributed by atoms with Crippen LogP contribution in [-0.2, 0) is 4.79 Å². The van der Waals surface area contributed by atoms with Crippen LogP contribution in [0, 0.1) is 11.8 Å². The van der Waals surface area contributed by atoms with Gasteiger partial charge in [-0.3, -0.25) is 14.7 Å². The minimum atomic E-state index is -0.822. The van der Waals surface area contributed by atoms with Crippen molar-refractivity contribution >= 4 is 11.9 Å². The summed E-state index contributed by atoms with van der Waals surface area (Å²) in [5.41, 5.74) is 0. The second kappa shape index (κ2) is 4.99. The fourth-order valence-electron chi connectivity index (χ4n) is 1.97. The predicted octanol–water partition coefficient (Wildman–Crippen LogP) is 0.721. The van der Waals surface area contributed by atoms with E-state index in [2.05, 4.69) is 15.2 Å². The number of carbonyl (C=O) groups is 2. The highest BCUT2D eigenvalue weighted by atomic mass is 16.4. The molecule has 1 saturated heterocycles. The lowest BCUT2D eigenvalue weighted by atomic mass is 9.87. The van der Waals surface area contributed by atoms with Gasteiger partial charge in [0.2, 0.25) is 5.82 Å². The highest BCUT2D eigenvalue weighted by molar-refractivity contribution is 5.91. The first-order valence-electron chi connectivity index (χ1n) is 6.34. The van der Waals surface area contributed by atoms with Gasteiger partial charge in [0.25, 0.3) is 5.91 Å². The molecule has 0 radical (unpaired) electrons. The number of aliphatic carboxylic acids is 1. The Labute approximate surface area is 111 Å². The van der Waals surface area contributed by atoms with Crippen LogP contribution < -0.4 is 0 Å². The first kappa shape index (κ1) is 13.5. The van der Waals surface area contributed by atoms with Gasteiger partial charge < -0.3 is 10.0 Å². The summed E-state index contributed by atoms with van der Waals surface area (Å²) in [5, 5.41) is 15.5. The molecular weight excluding hydrogens is 248 g/mol. The van der Waals surface area contributed by atoms with E-state index in [0.29, 0.717) is 18.9 Å². The van der Waals surface area contributed by atoms with Crippen molar-refractivity contribution in [2.24, 2.45) is 11.8 Å². The van der Waals surface area contributed by atoms with Crippen LogP contribution in [0.25, 0.3) is 0 Å². The Bertz CT molecular complexity index is 491. The lowest BCUT2D eigenvalue weighted by Crippen LogP contribution is -2.53. The van der Waals surface area contributed by atoms with Crippen LogP contribution >= 0.6 is 0 Å². The molecule has 7 heteroatoms. The highest BCUT2D eigenvalue weighted by Crippen LogP contribution is 2.25. The SMILES string of the molecule is CC(C)c1nc(C(=O)N2CC(C(C)C(=O)O)C2)n[nH]1. The Morgan fingerprint density at radius 3 is 2.47 bits per heavy atom. The molecule has 0 aromatic carbocycles. The molecule has 1 amide bonds. The number of rotatable bonds is 4. The molecule has 1 aromatic heterocycles. The van der Waals surface area contributed by atoms with E-state index < -0.39 is 11.9 Å². The second-order valence-corrected chi connectivity index (χ2v) is 5.30. The van der Waals surface area contributed by atoms with Gasteiger partial charge >= 0.3 is 5.97 Å². The molecule has 1 aromatic rings. The second-order valence-electron chi connectivity index (χ2n) is 5.30. The number of hydrogen-bond donors (Lipinski definition) is 2. The molecule has 2 N–H and O–H groups in total. The molecule has 2 rings (SSSR count). The molecule has 1 aliphatic rings. The molecule has 0 bridgehead atoms.